The molecular weight excluding hydrogens is 368 g/mol. The van der Waals surface area contributed by atoms with E-state index in [9.17, 15) is 9.59 Å². The van der Waals surface area contributed by atoms with Crippen LogP contribution in [0.25, 0.3) is 11.1 Å². The molecule has 5 heteroatoms. The highest BCUT2D eigenvalue weighted by Crippen LogP contribution is 2.33. The number of likely N-dealkylation sites (tertiary alicyclic amines) is 1. The van der Waals surface area contributed by atoms with Crippen molar-refractivity contribution in [2.45, 2.75) is 42.7 Å². The van der Waals surface area contributed by atoms with Crippen LogP contribution in [0.3, 0.4) is 0 Å². The van der Waals surface area contributed by atoms with Gasteiger partial charge in [0.2, 0.25) is 6.41 Å². The molecule has 2 amide bonds. The van der Waals surface area contributed by atoms with Crippen LogP contribution in [-0.4, -0.2) is 53.5 Å². The minimum atomic E-state index is 0.135. The van der Waals surface area contributed by atoms with Crippen molar-refractivity contribution >= 4 is 24.1 Å². The highest BCUT2D eigenvalue weighted by atomic mass is 32.2. The van der Waals surface area contributed by atoms with Gasteiger partial charge in [-0.3, -0.25) is 9.59 Å². The summed E-state index contributed by atoms with van der Waals surface area (Å²) in [6, 6.07) is 17.1. The second kappa shape index (κ2) is 8.39. The number of benzene rings is 2. The molecule has 0 aromatic heterocycles. The molecule has 2 aliphatic rings. The minimum absolute atomic E-state index is 0.135. The Bertz CT molecular complexity index is 823. The molecule has 0 unspecified atom stereocenters. The number of carbonyl (C=O) groups is 2. The molecule has 2 aromatic carbocycles. The Kier molecular flexibility index (Phi) is 5.72. The summed E-state index contributed by atoms with van der Waals surface area (Å²) < 4.78 is 0. The Morgan fingerprint density at radius 2 is 1.46 bits per heavy atom. The fourth-order valence-electron chi connectivity index (χ4n) is 3.99. The van der Waals surface area contributed by atoms with Gasteiger partial charge in [0.25, 0.3) is 5.91 Å². The van der Waals surface area contributed by atoms with Gasteiger partial charge < -0.3 is 9.80 Å². The third-order valence-corrected chi connectivity index (χ3v) is 6.52. The van der Waals surface area contributed by atoms with Crippen molar-refractivity contribution in [1.82, 2.24) is 9.80 Å². The largest absolute Gasteiger partial charge is 0.345 e. The summed E-state index contributed by atoms with van der Waals surface area (Å²) in [7, 11) is 0. The van der Waals surface area contributed by atoms with Crippen molar-refractivity contribution in [3.63, 3.8) is 0 Å². The summed E-state index contributed by atoms with van der Waals surface area (Å²) in [6.07, 6.45) is 6.94. The molecule has 0 bridgehead atoms. The van der Waals surface area contributed by atoms with Crippen LogP contribution in [-0.2, 0) is 4.79 Å². The van der Waals surface area contributed by atoms with E-state index in [-0.39, 0.29) is 11.9 Å². The molecule has 1 saturated carbocycles. The predicted octanol–water partition coefficient (Wildman–Crippen LogP) is 4.30. The standard InChI is InChI=1S/C23H26N2O2S/c1-28-22-10-6-18(7-11-22)17-2-4-19(5-3-17)23(27)25(20-8-9-20)21-12-14-24(16-26)15-13-21/h2-7,10-11,16,20-21H,8-9,12-15H2,1H3. The summed E-state index contributed by atoms with van der Waals surface area (Å²) in [5, 5.41) is 0. The molecule has 1 saturated heterocycles. The van der Waals surface area contributed by atoms with E-state index in [0.717, 1.165) is 61.9 Å². The highest BCUT2D eigenvalue weighted by Gasteiger charge is 2.38. The van der Waals surface area contributed by atoms with Gasteiger partial charge >= 0.3 is 0 Å². The maximum atomic E-state index is 13.2. The van der Waals surface area contributed by atoms with Crippen LogP contribution in [0.15, 0.2) is 53.4 Å². The van der Waals surface area contributed by atoms with Gasteiger partial charge in [-0.05, 0) is 67.3 Å². The summed E-state index contributed by atoms with van der Waals surface area (Å²) in [4.78, 5) is 29.4. The van der Waals surface area contributed by atoms with Crippen LogP contribution in [0.4, 0.5) is 0 Å². The Balaban J connectivity index is 1.49. The molecular formula is C23H26N2O2S. The monoisotopic (exact) mass is 394 g/mol. The first kappa shape index (κ1) is 19.1. The van der Waals surface area contributed by atoms with Gasteiger partial charge in [-0.25, -0.2) is 0 Å². The summed E-state index contributed by atoms with van der Waals surface area (Å²) >= 11 is 1.73. The van der Waals surface area contributed by atoms with Crippen LogP contribution in [0.2, 0.25) is 0 Å². The zero-order chi connectivity index (χ0) is 19.5. The van der Waals surface area contributed by atoms with Crippen LogP contribution in [0, 0.1) is 0 Å². The topological polar surface area (TPSA) is 40.6 Å². The van der Waals surface area contributed by atoms with Crippen LogP contribution in [0.1, 0.15) is 36.0 Å². The maximum absolute atomic E-state index is 13.2. The van der Waals surface area contributed by atoms with Gasteiger partial charge in [0.05, 0.1) is 0 Å². The van der Waals surface area contributed by atoms with Crippen molar-refractivity contribution in [2.75, 3.05) is 19.3 Å². The molecule has 0 radical (unpaired) electrons. The number of piperidine rings is 1. The molecule has 146 valence electrons. The Morgan fingerprint density at radius 1 is 0.929 bits per heavy atom. The van der Waals surface area contributed by atoms with E-state index in [1.807, 2.05) is 29.2 Å². The number of carbonyl (C=O) groups excluding carboxylic acids is 2. The van der Waals surface area contributed by atoms with Crippen LogP contribution >= 0.6 is 11.8 Å². The molecule has 4 rings (SSSR count). The number of thioether (sulfide) groups is 1. The van der Waals surface area contributed by atoms with Crippen molar-refractivity contribution in [3.05, 3.63) is 54.1 Å². The van der Waals surface area contributed by atoms with E-state index in [4.69, 9.17) is 0 Å². The van der Waals surface area contributed by atoms with Gasteiger partial charge in [0.15, 0.2) is 0 Å². The Hall–Kier alpha value is -2.27. The zero-order valence-electron chi connectivity index (χ0n) is 16.2. The fourth-order valence-corrected chi connectivity index (χ4v) is 4.40. The first-order chi connectivity index (χ1) is 13.7. The van der Waals surface area contributed by atoms with E-state index < -0.39 is 0 Å². The fraction of sp³-hybridized carbons (Fsp3) is 0.391. The average molecular weight is 395 g/mol. The van der Waals surface area contributed by atoms with Crippen LogP contribution in [0.5, 0.6) is 0 Å². The second-order valence-corrected chi connectivity index (χ2v) is 8.50. The normalized spacial score (nSPS) is 17.4. The first-order valence-corrected chi connectivity index (χ1v) is 11.2. The molecule has 0 N–H and O–H groups in total. The van der Waals surface area contributed by atoms with E-state index in [0.29, 0.717) is 6.04 Å². The van der Waals surface area contributed by atoms with Crippen molar-refractivity contribution in [1.29, 1.82) is 0 Å². The smallest absolute Gasteiger partial charge is 0.254 e. The lowest BCUT2D eigenvalue weighted by molar-refractivity contribution is -0.119. The highest BCUT2D eigenvalue weighted by molar-refractivity contribution is 7.98. The van der Waals surface area contributed by atoms with Crippen LogP contribution < -0.4 is 0 Å². The molecule has 28 heavy (non-hydrogen) atoms. The summed E-state index contributed by atoms with van der Waals surface area (Å²) in [5.41, 5.74) is 3.05. The van der Waals surface area contributed by atoms with Crippen molar-refractivity contribution in [3.8, 4) is 11.1 Å². The SMILES string of the molecule is CSc1ccc(-c2ccc(C(=O)N(C3CC3)C3CCN(C=O)CC3)cc2)cc1. The predicted molar refractivity (Wildman–Crippen MR) is 114 cm³/mol. The van der Waals surface area contributed by atoms with Crippen molar-refractivity contribution < 1.29 is 9.59 Å². The Labute approximate surface area is 170 Å². The summed E-state index contributed by atoms with van der Waals surface area (Å²) in [6.45, 7) is 1.49. The van der Waals surface area contributed by atoms with E-state index in [1.165, 1.54) is 4.90 Å². The number of hydrogen-bond acceptors (Lipinski definition) is 3. The van der Waals surface area contributed by atoms with E-state index in [2.05, 4.69) is 35.4 Å². The van der Waals surface area contributed by atoms with Gasteiger partial charge in [-0.2, -0.15) is 0 Å². The van der Waals surface area contributed by atoms with Gasteiger partial charge in [-0.1, -0.05) is 24.3 Å². The molecule has 2 fully saturated rings. The number of nitrogens with zero attached hydrogens (tertiary/aromatic N) is 2. The molecule has 0 spiro atoms. The molecule has 2 aromatic rings. The van der Waals surface area contributed by atoms with Gasteiger partial charge in [-0.15, -0.1) is 11.8 Å². The minimum Gasteiger partial charge on any atom is -0.345 e. The van der Waals surface area contributed by atoms with Crippen molar-refractivity contribution in [2.24, 2.45) is 0 Å². The number of amides is 2. The second-order valence-electron chi connectivity index (χ2n) is 7.62. The number of rotatable bonds is 6. The molecule has 1 aliphatic carbocycles. The summed E-state index contributed by atoms with van der Waals surface area (Å²) in [5.74, 6) is 0.135. The zero-order valence-corrected chi connectivity index (χ0v) is 17.0. The maximum Gasteiger partial charge on any atom is 0.254 e. The van der Waals surface area contributed by atoms with E-state index >= 15 is 0 Å². The molecule has 1 heterocycles. The lowest BCUT2D eigenvalue weighted by Gasteiger charge is -2.37. The third kappa shape index (κ3) is 4.09. The average Bonchev–Trinajstić information content (AvgIpc) is 3.59. The van der Waals surface area contributed by atoms with Gasteiger partial charge in [0.1, 0.15) is 0 Å². The van der Waals surface area contributed by atoms with E-state index in [1.54, 1.807) is 11.8 Å². The third-order valence-electron chi connectivity index (χ3n) is 5.77. The lowest BCUT2D eigenvalue weighted by Crippen LogP contribution is -2.48. The number of hydrogen-bond donors (Lipinski definition) is 0. The molecule has 1 aliphatic heterocycles. The quantitative estimate of drug-likeness (QED) is 0.542. The molecule has 0 atom stereocenters. The Morgan fingerprint density at radius 3 is 1.96 bits per heavy atom. The molecule has 4 nitrogen and oxygen atoms in total. The lowest BCUT2D eigenvalue weighted by atomic mass is 10.0. The first-order valence-electron chi connectivity index (χ1n) is 9.96. The van der Waals surface area contributed by atoms with Gasteiger partial charge in [0, 0.05) is 35.6 Å².